The summed E-state index contributed by atoms with van der Waals surface area (Å²) in [6, 6.07) is 0. The van der Waals surface area contributed by atoms with Crippen LogP contribution in [0.1, 0.15) is 93.4 Å². The minimum atomic E-state index is -0.156. The maximum Gasteiger partial charge on any atom is 0.0700 e. The van der Waals surface area contributed by atoms with E-state index in [4.69, 9.17) is 43.7 Å². The Morgan fingerprint density at radius 2 is 0.615 bits per heavy atom. The summed E-state index contributed by atoms with van der Waals surface area (Å²) in [6.07, 6.45) is 7.68. The zero-order valence-electron chi connectivity index (χ0n) is 26.8. The van der Waals surface area contributed by atoms with E-state index in [-0.39, 0.29) is 25.2 Å². The van der Waals surface area contributed by atoms with Crippen molar-refractivity contribution in [3.8, 4) is 0 Å². The molecule has 0 unspecified atom stereocenters. The first-order chi connectivity index (χ1) is 19.0. The number of hydrogen-bond acceptors (Lipinski definition) is 9. The van der Waals surface area contributed by atoms with Gasteiger partial charge in [-0.05, 0) is 46.5 Å². The molecular weight excluding hydrogens is 504 g/mol. The van der Waals surface area contributed by atoms with E-state index in [0.29, 0.717) is 59.5 Å². The molecule has 0 saturated heterocycles. The highest BCUT2D eigenvalue weighted by molar-refractivity contribution is 4.77. The molecule has 0 bridgehead atoms. The first-order valence-electron chi connectivity index (χ1n) is 15.3. The molecule has 0 aliphatic rings. The lowest BCUT2D eigenvalue weighted by atomic mass is 9.88. The fourth-order valence-electron chi connectivity index (χ4n) is 2.70. The minimum absolute atomic E-state index is 0.156. The normalized spacial score (nSPS) is 10.6. The van der Waals surface area contributed by atoms with Gasteiger partial charge in [0.15, 0.2) is 0 Å². The van der Waals surface area contributed by atoms with Crippen molar-refractivity contribution in [2.75, 3.05) is 99.1 Å². The van der Waals surface area contributed by atoms with Crippen LogP contribution in [0.15, 0.2) is 0 Å². The Morgan fingerprint density at radius 1 is 0.385 bits per heavy atom. The lowest BCUT2D eigenvalue weighted by Crippen LogP contribution is -2.38. The van der Waals surface area contributed by atoms with E-state index < -0.39 is 0 Å². The molecule has 3 N–H and O–H groups in total. The molecule has 0 saturated carbocycles. The van der Waals surface area contributed by atoms with Gasteiger partial charge in [-0.15, -0.1) is 0 Å². The van der Waals surface area contributed by atoms with Gasteiger partial charge in [-0.25, -0.2) is 0 Å². The van der Waals surface area contributed by atoms with Crippen LogP contribution in [0, 0.1) is 5.41 Å². The molecule has 0 rings (SSSR count). The van der Waals surface area contributed by atoms with Crippen LogP contribution in [0.3, 0.4) is 0 Å². The number of aliphatic hydroxyl groups is 3. The quantitative estimate of drug-likeness (QED) is 0.132. The molecule has 0 aromatic rings. The third-order valence-electron chi connectivity index (χ3n) is 5.02. The number of aliphatic hydroxyl groups excluding tert-OH is 3. The minimum Gasteiger partial charge on any atom is -0.397 e. The molecule has 0 spiro atoms. The van der Waals surface area contributed by atoms with E-state index in [0.717, 1.165) is 64.8 Å². The van der Waals surface area contributed by atoms with E-state index in [9.17, 15) is 0 Å². The highest BCUT2D eigenvalue weighted by Gasteiger charge is 2.29. The summed E-state index contributed by atoms with van der Waals surface area (Å²) in [6.45, 7) is 22.4. The molecule has 39 heavy (non-hydrogen) atoms. The molecule has 0 aliphatic heterocycles. The Balaban J connectivity index is -0.000000593. The van der Waals surface area contributed by atoms with E-state index in [1.807, 2.05) is 0 Å². The molecule has 0 aliphatic carbocycles. The first kappa shape index (κ1) is 45.6. The lowest BCUT2D eigenvalue weighted by molar-refractivity contribution is -0.0892. The number of unbranched alkanes of at least 4 members (excludes halogenated alkanes) is 3. The van der Waals surface area contributed by atoms with Gasteiger partial charge in [-0.1, -0.05) is 47.0 Å². The SMILES string of the molecule is CCCCOCCOCC(CC)(COCCOCCCC)COCCOCCCC.CCO.CCO.CCO. The number of ether oxygens (including phenoxy) is 6. The summed E-state index contributed by atoms with van der Waals surface area (Å²) in [4.78, 5) is 0. The van der Waals surface area contributed by atoms with Crippen LogP contribution in [0.4, 0.5) is 0 Å². The van der Waals surface area contributed by atoms with Crippen LogP contribution >= 0.6 is 0 Å². The lowest BCUT2D eigenvalue weighted by Gasteiger charge is -2.32. The smallest absolute Gasteiger partial charge is 0.0700 e. The molecule has 0 radical (unpaired) electrons. The Morgan fingerprint density at radius 3 is 0.821 bits per heavy atom. The summed E-state index contributed by atoms with van der Waals surface area (Å²) >= 11 is 0. The van der Waals surface area contributed by atoms with E-state index in [2.05, 4.69) is 27.7 Å². The van der Waals surface area contributed by atoms with Gasteiger partial charge in [0.2, 0.25) is 0 Å². The van der Waals surface area contributed by atoms with Gasteiger partial charge in [0, 0.05) is 45.1 Å². The summed E-state index contributed by atoms with van der Waals surface area (Å²) in [5.74, 6) is 0. The average Bonchev–Trinajstić information content (AvgIpc) is 2.92. The molecule has 0 fully saturated rings. The van der Waals surface area contributed by atoms with Crippen LogP contribution in [0.25, 0.3) is 0 Å². The van der Waals surface area contributed by atoms with Crippen molar-refractivity contribution in [1.29, 1.82) is 0 Å². The summed E-state index contributed by atoms with van der Waals surface area (Å²) < 4.78 is 34.6. The molecule has 0 aromatic heterocycles. The molecule has 0 heterocycles. The predicted octanol–water partition coefficient (Wildman–Crippen LogP) is 4.88. The predicted molar refractivity (Wildman–Crippen MR) is 161 cm³/mol. The average molecular weight is 573 g/mol. The highest BCUT2D eigenvalue weighted by Crippen LogP contribution is 2.24. The Kier molecular flexibility index (Phi) is 52.2. The first-order valence-corrected chi connectivity index (χ1v) is 15.3. The van der Waals surface area contributed by atoms with Crippen molar-refractivity contribution >= 4 is 0 Å². The largest absolute Gasteiger partial charge is 0.397 e. The van der Waals surface area contributed by atoms with Gasteiger partial charge in [0.1, 0.15) is 0 Å². The van der Waals surface area contributed by atoms with Gasteiger partial charge in [0.05, 0.1) is 59.5 Å². The second kappa shape index (κ2) is 44.7. The van der Waals surface area contributed by atoms with Crippen molar-refractivity contribution < 1.29 is 43.7 Å². The van der Waals surface area contributed by atoms with Gasteiger partial charge in [0.25, 0.3) is 0 Å². The van der Waals surface area contributed by atoms with Gasteiger partial charge in [-0.3, -0.25) is 0 Å². The van der Waals surface area contributed by atoms with Gasteiger partial charge >= 0.3 is 0 Å². The summed E-state index contributed by atoms with van der Waals surface area (Å²) in [5, 5.41) is 22.7. The molecule has 242 valence electrons. The Hall–Kier alpha value is -0.360. The Labute approximate surface area is 241 Å². The molecule has 0 aromatic carbocycles. The van der Waals surface area contributed by atoms with Crippen molar-refractivity contribution in [1.82, 2.24) is 0 Å². The van der Waals surface area contributed by atoms with Crippen LogP contribution in [0.5, 0.6) is 0 Å². The van der Waals surface area contributed by atoms with E-state index >= 15 is 0 Å². The van der Waals surface area contributed by atoms with Crippen molar-refractivity contribution in [2.24, 2.45) is 5.41 Å². The second-order valence-electron chi connectivity index (χ2n) is 8.86. The van der Waals surface area contributed by atoms with Crippen molar-refractivity contribution in [3.05, 3.63) is 0 Å². The molecule has 9 heteroatoms. The van der Waals surface area contributed by atoms with Crippen molar-refractivity contribution in [3.63, 3.8) is 0 Å². The topological polar surface area (TPSA) is 116 Å². The summed E-state index contributed by atoms with van der Waals surface area (Å²) in [5.41, 5.74) is -0.156. The van der Waals surface area contributed by atoms with E-state index in [1.165, 1.54) is 0 Å². The Bertz CT molecular complexity index is 324. The maximum atomic E-state index is 7.57. The molecule has 9 nitrogen and oxygen atoms in total. The maximum absolute atomic E-state index is 7.57. The van der Waals surface area contributed by atoms with Crippen LogP contribution in [-0.2, 0) is 28.4 Å². The highest BCUT2D eigenvalue weighted by atomic mass is 16.5. The van der Waals surface area contributed by atoms with Gasteiger partial charge in [-0.2, -0.15) is 0 Å². The van der Waals surface area contributed by atoms with Crippen LogP contribution in [-0.4, -0.2) is 114 Å². The molecular formula is C30H68O9. The third-order valence-corrected chi connectivity index (χ3v) is 5.02. The number of hydrogen-bond donors (Lipinski definition) is 3. The zero-order chi connectivity index (χ0) is 30.3. The van der Waals surface area contributed by atoms with Crippen molar-refractivity contribution in [2.45, 2.75) is 93.4 Å². The van der Waals surface area contributed by atoms with E-state index in [1.54, 1.807) is 20.8 Å². The standard InChI is InChI=1S/C24H50O6.3C2H6O/c1-5-9-12-25-15-18-28-21-24(8-4,22-29-19-16-26-13-10-6-2)23-30-20-17-27-14-11-7-3;3*1-2-3/h5-23H2,1-4H3;3*3H,2H2,1H3. The van der Waals surface area contributed by atoms with Crippen LogP contribution in [0.2, 0.25) is 0 Å². The zero-order valence-corrected chi connectivity index (χ0v) is 26.8. The molecule has 0 atom stereocenters. The number of rotatable bonds is 25. The fourth-order valence-corrected chi connectivity index (χ4v) is 2.70. The van der Waals surface area contributed by atoms with Gasteiger partial charge < -0.3 is 43.7 Å². The summed E-state index contributed by atoms with van der Waals surface area (Å²) in [7, 11) is 0. The third kappa shape index (κ3) is 44.9. The fraction of sp³-hybridized carbons (Fsp3) is 1.00. The second-order valence-corrected chi connectivity index (χ2v) is 8.86. The molecule has 0 amide bonds. The van der Waals surface area contributed by atoms with Crippen LogP contribution < -0.4 is 0 Å². The monoisotopic (exact) mass is 572 g/mol.